The fourth-order valence-electron chi connectivity index (χ4n) is 1.53. The molecule has 0 aliphatic heterocycles. The van der Waals surface area contributed by atoms with E-state index in [1.807, 2.05) is 12.1 Å². The highest BCUT2D eigenvalue weighted by atomic mass is 16.5. The Morgan fingerprint density at radius 1 is 1.59 bits per heavy atom. The first-order valence-electron chi connectivity index (χ1n) is 5.28. The van der Waals surface area contributed by atoms with Crippen molar-refractivity contribution in [2.24, 2.45) is 0 Å². The van der Waals surface area contributed by atoms with Crippen molar-refractivity contribution in [2.45, 2.75) is 6.92 Å². The van der Waals surface area contributed by atoms with E-state index in [1.165, 1.54) is 0 Å². The molecule has 0 aromatic carbocycles. The Kier molecular flexibility index (Phi) is 3.09. The van der Waals surface area contributed by atoms with Crippen molar-refractivity contribution >= 4 is 11.8 Å². The van der Waals surface area contributed by atoms with E-state index in [9.17, 15) is 4.79 Å². The number of H-pyrrole nitrogens is 1. The molecule has 2 rings (SSSR count). The molecule has 17 heavy (non-hydrogen) atoms. The summed E-state index contributed by atoms with van der Waals surface area (Å²) in [6.45, 7) is 2.08. The van der Waals surface area contributed by atoms with Gasteiger partial charge in [-0.3, -0.25) is 4.98 Å². The molecule has 0 saturated carbocycles. The van der Waals surface area contributed by atoms with Gasteiger partial charge in [0, 0.05) is 23.7 Å². The maximum absolute atomic E-state index is 11.6. The maximum atomic E-state index is 11.6. The summed E-state index contributed by atoms with van der Waals surface area (Å²) in [5.41, 5.74) is 7.70. The Balaban J connectivity index is 2.34. The Bertz CT molecular complexity index is 520. The van der Waals surface area contributed by atoms with Crippen LogP contribution in [0.15, 0.2) is 30.6 Å². The van der Waals surface area contributed by atoms with Crippen LogP contribution in [0, 0.1) is 0 Å². The number of carbonyl (C=O) groups is 1. The van der Waals surface area contributed by atoms with Gasteiger partial charge in [-0.05, 0) is 25.1 Å². The van der Waals surface area contributed by atoms with Crippen molar-refractivity contribution in [3.8, 4) is 11.3 Å². The second-order valence-corrected chi connectivity index (χ2v) is 3.47. The second kappa shape index (κ2) is 4.69. The number of aromatic amines is 1. The topological polar surface area (TPSA) is 81.0 Å². The SMILES string of the molecule is CCOC(=O)c1cc(-c2cccnc2)[nH]c1N. The number of esters is 1. The standard InChI is InChI=1S/C12H13N3O2/c1-2-17-12(16)9-6-10(15-11(9)13)8-4-3-5-14-7-8/h3-7,15H,2,13H2,1H3. The van der Waals surface area contributed by atoms with Gasteiger partial charge in [0.15, 0.2) is 0 Å². The number of aromatic nitrogens is 2. The molecule has 3 N–H and O–H groups in total. The summed E-state index contributed by atoms with van der Waals surface area (Å²) in [5.74, 6) is -0.112. The second-order valence-electron chi connectivity index (χ2n) is 3.47. The van der Waals surface area contributed by atoms with E-state index in [0.717, 1.165) is 11.3 Å². The minimum absolute atomic E-state index is 0.308. The number of rotatable bonds is 3. The Hall–Kier alpha value is -2.30. The van der Waals surface area contributed by atoms with Crippen molar-refractivity contribution in [2.75, 3.05) is 12.3 Å². The molecule has 2 aromatic rings. The van der Waals surface area contributed by atoms with Gasteiger partial charge in [-0.25, -0.2) is 4.79 Å². The van der Waals surface area contributed by atoms with E-state index in [1.54, 1.807) is 25.4 Å². The van der Waals surface area contributed by atoms with Crippen molar-refractivity contribution in [1.82, 2.24) is 9.97 Å². The zero-order chi connectivity index (χ0) is 12.3. The average molecular weight is 231 g/mol. The number of carbonyl (C=O) groups excluding carboxylic acids is 1. The van der Waals surface area contributed by atoms with Gasteiger partial charge in [-0.1, -0.05) is 0 Å². The highest BCUT2D eigenvalue weighted by molar-refractivity contribution is 5.96. The minimum Gasteiger partial charge on any atom is -0.462 e. The van der Waals surface area contributed by atoms with Gasteiger partial charge in [-0.2, -0.15) is 0 Å². The molecule has 0 atom stereocenters. The van der Waals surface area contributed by atoms with E-state index in [-0.39, 0.29) is 0 Å². The molecule has 2 aromatic heterocycles. The van der Waals surface area contributed by atoms with E-state index >= 15 is 0 Å². The van der Waals surface area contributed by atoms with Crippen LogP contribution >= 0.6 is 0 Å². The van der Waals surface area contributed by atoms with Crippen LogP contribution in [0.2, 0.25) is 0 Å². The van der Waals surface area contributed by atoms with Gasteiger partial charge in [0.2, 0.25) is 0 Å². The van der Waals surface area contributed by atoms with Gasteiger partial charge in [-0.15, -0.1) is 0 Å². The van der Waals surface area contributed by atoms with Crippen LogP contribution in [0.5, 0.6) is 0 Å². The molecular formula is C12H13N3O2. The van der Waals surface area contributed by atoms with Crippen LogP contribution in [0.4, 0.5) is 5.82 Å². The molecule has 5 heteroatoms. The highest BCUT2D eigenvalue weighted by Gasteiger charge is 2.15. The zero-order valence-electron chi connectivity index (χ0n) is 9.43. The Morgan fingerprint density at radius 2 is 2.41 bits per heavy atom. The summed E-state index contributed by atoms with van der Waals surface area (Å²) in [6, 6.07) is 5.37. The largest absolute Gasteiger partial charge is 0.462 e. The molecule has 0 spiro atoms. The third-order valence-electron chi connectivity index (χ3n) is 2.32. The summed E-state index contributed by atoms with van der Waals surface area (Å²) in [4.78, 5) is 18.5. The molecule has 0 aliphatic rings. The first kappa shape index (κ1) is 11.2. The fourth-order valence-corrected chi connectivity index (χ4v) is 1.53. The summed E-state index contributed by atoms with van der Waals surface area (Å²) in [5, 5.41) is 0. The third-order valence-corrected chi connectivity index (χ3v) is 2.32. The van der Waals surface area contributed by atoms with E-state index in [4.69, 9.17) is 10.5 Å². The Morgan fingerprint density at radius 3 is 3.06 bits per heavy atom. The predicted molar refractivity (Wildman–Crippen MR) is 64.4 cm³/mol. The van der Waals surface area contributed by atoms with Gasteiger partial charge in [0.1, 0.15) is 11.4 Å². The summed E-state index contributed by atoms with van der Waals surface area (Å²) >= 11 is 0. The lowest BCUT2D eigenvalue weighted by molar-refractivity contribution is 0.0528. The van der Waals surface area contributed by atoms with Crippen molar-refractivity contribution in [3.63, 3.8) is 0 Å². The van der Waals surface area contributed by atoms with Crippen LogP contribution < -0.4 is 5.73 Å². The summed E-state index contributed by atoms with van der Waals surface area (Å²) < 4.78 is 4.90. The number of hydrogen-bond acceptors (Lipinski definition) is 4. The van der Waals surface area contributed by atoms with Gasteiger partial charge >= 0.3 is 5.97 Å². The summed E-state index contributed by atoms with van der Waals surface area (Å²) in [6.07, 6.45) is 3.38. The van der Waals surface area contributed by atoms with Crippen LogP contribution in [0.3, 0.4) is 0 Å². The average Bonchev–Trinajstić information content (AvgIpc) is 2.73. The van der Waals surface area contributed by atoms with Gasteiger partial charge in [0.05, 0.1) is 6.61 Å². The molecular weight excluding hydrogens is 218 g/mol. The van der Waals surface area contributed by atoms with Gasteiger partial charge in [0.25, 0.3) is 0 Å². The van der Waals surface area contributed by atoms with E-state index in [0.29, 0.717) is 18.0 Å². The maximum Gasteiger partial charge on any atom is 0.341 e. The zero-order valence-corrected chi connectivity index (χ0v) is 9.43. The van der Waals surface area contributed by atoms with Crippen molar-refractivity contribution in [1.29, 1.82) is 0 Å². The number of ether oxygens (including phenoxy) is 1. The molecule has 88 valence electrons. The quantitative estimate of drug-likeness (QED) is 0.790. The van der Waals surface area contributed by atoms with Crippen molar-refractivity contribution in [3.05, 3.63) is 36.2 Å². The molecule has 0 radical (unpaired) electrons. The summed E-state index contributed by atoms with van der Waals surface area (Å²) in [7, 11) is 0. The molecule has 0 bridgehead atoms. The lowest BCUT2D eigenvalue weighted by Gasteiger charge is -1.98. The monoisotopic (exact) mass is 231 g/mol. The third kappa shape index (κ3) is 2.28. The molecule has 0 amide bonds. The van der Waals surface area contributed by atoms with E-state index < -0.39 is 5.97 Å². The molecule has 5 nitrogen and oxygen atoms in total. The number of nitrogens with one attached hydrogen (secondary N) is 1. The van der Waals surface area contributed by atoms with Crippen molar-refractivity contribution < 1.29 is 9.53 Å². The molecule has 0 fully saturated rings. The first-order valence-corrected chi connectivity index (χ1v) is 5.28. The highest BCUT2D eigenvalue weighted by Crippen LogP contribution is 2.23. The molecule has 0 unspecified atom stereocenters. The minimum atomic E-state index is -0.420. The van der Waals surface area contributed by atoms with E-state index in [2.05, 4.69) is 9.97 Å². The number of anilines is 1. The molecule has 0 aliphatic carbocycles. The van der Waals surface area contributed by atoms with Crippen LogP contribution in [-0.4, -0.2) is 22.5 Å². The van der Waals surface area contributed by atoms with Crippen LogP contribution in [-0.2, 0) is 4.74 Å². The smallest absolute Gasteiger partial charge is 0.341 e. The molecule has 2 heterocycles. The lowest BCUT2D eigenvalue weighted by atomic mass is 10.2. The first-order chi connectivity index (χ1) is 8.22. The number of pyridine rings is 1. The van der Waals surface area contributed by atoms with Crippen LogP contribution in [0.1, 0.15) is 17.3 Å². The van der Waals surface area contributed by atoms with Crippen LogP contribution in [0.25, 0.3) is 11.3 Å². The molecule has 0 saturated heterocycles. The number of nitrogens with zero attached hydrogens (tertiary/aromatic N) is 1. The predicted octanol–water partition coefficient (Wildman–Crippen LogP) is 1.84. The number of hydrogen-bond donors (Lipinski definition) is 2. The fraction of sp³-hybridized carbons (Fsp3) is 0.167. The van der Waals surface area contributed by atoms with Gasteiger partial charge < -0.3 is 15.5 Å². The number of nitrogen functional groups attached to an aromatic ring is 1. The normalized spacial score (nSPS) is 10.2. The number of nitrogens with two attached hydrogens (primary N) is 1. The lowest BCUT2D eigenvalue weighted by Crippen LogP contribution is -2.05. The Labute approximate surface area is 98.6 Å².